The first-order valence-electron chi connectivity index (χ1n) is 8.15. The van der Waals surface area contributed by atoms with Crippen LogP contribution in [0.4, 0.5) is 18.9 Å². The number of anilines is 1. The second kappa shape index (κ2) is 6.45. The van der Waals surface area contributed by atoms with Crippen molar-refractivity contribution in [1.29, 1.82) is 0 Å². The fourth-order valence-electron chi connectivity index (χ4n) is 2.89. The first kappa shape index (κ1) is 18.2. The van der Waals surface area contributed by atoms with Gasteiger partial charge in [-0.2, -0.15) is 13.2 Å². The van der Waals surface area contributed by atoms with Gasteiger partial charge in [-0.15, -0.1) is 11.3 Å². The van der Waals surface area contributed by atoms with Gasteiger partial charge in [0.15, 0.2) is 0 Å². The summed E-state index contributed by atoms with van der Waals surface area (Å²) < 4.78 is 40.7. The van der Waals surface area contributed by atoms with E-state index in [9.17, 15) is 22.8 Å². The monoisotopic (exact) mass is 403 g/mol. The lowest BCUT2D eigenvalue weighted by molar-refractivity contribution is -0.136. The molecule has 9 heteroatoms. The lowest BCUT2D eigenvalue weighted by Crippen LogP contribution is -2.16. The number of nitrogens with one attached hydrogen (secondary N) is 1. The van der Waals surface area contributed by atoms with Crippen LogP contribution in [0.2, 0.25) is 0 Å². The van der Waals surface area contributed by atoms with Crippen LogP contribution in [0, 0.1) is 6.92 Å². The number of pyridine rings is 1. The number of para-hydroxylation sites is 1. The number of alkyl halides is 3. The molecule has 1 N–H and O–H groups in total. The van der Waals surface area contributed by atoms with Crippen LogP contribution in [0.15, 0.2) is 53.5 Å². The number of aryl methyl sites for hydroxylation is 1. The lowest BCUT2D eigenvalue weighted by Gasteiger charge is -2.12. The molecule has 0 aliphatic heterocycles. The number of benzene rings is 1. The number of hydrogen-bond acceptors (Lipinski definition) is 4. The quantitative estimate of drug-likeness (QED) is 0.537. The molecule has 0 saturated heterocycles. The molecule has 0 saturated carbocycles. The van der Waals surface area contributed by atoms with Crippen molar-refractivity contribution < 1.29 is 18.0 Å². The molecule has 5 nitrogen and oxygen atoms in total. The SMILES string of the molecule is Cc1cccn2c(=O)c3cc(C(=O)Nc4ccccc4C(F)(F)F)sc3nc12. The third kappa shape index (κ3) is 3.03. The summed E-state index contributed by atoms with van der Waals surface area (Å²) in [4.78, 5) is 30.1. The first-order valence-corrected chi connectivity index (χ1v) is 8.96. The van der Waals surface area contributed by atoms with Gasteiger partial charge in [0.25, 0.3) is 11.5 Å². The fourth-order valence-corrected chi connectivity index (χ4v) is 3.81. The highest BCUT2D eigenvalue weighted by molar-refractivity contribution is 7.20. The summed E-state index contributed by atoms with van der Waals surface area (Å²) in [6.07, 6.45) is -3.02. The Balaban J connectivity index is 1.77. The zero-order valence-electron chi connectivity index (χ0n) is 14.4. The lowest BCUT2D eigenvalue weighted by atomic mass is 10.1. The summed E-state index contributed by atoms with van der Waals surface area (Å²) in [6.45, 7) is 1.81. The minimum Gasteiger partial charge on any atom is -0.321 e. The van der Waals surface area contributed by atoms with E-state index in [-0.39, 0.29) is 21.5 Å². The van der Waals surface area contributed by atoms with E-state index in [1.807, 2.05) is 13.0 Å². The van der Waals surface area contributed by atoms with Crippen LogP contribution in [0.5, 0.6) is 0 Å². The topological polar surface area (TPSA) is 63.5 Å². The van der Waals surface area contributed by atoms with Crippen LogP contribution in [0.3, 0.4) is 0 Å². The fraction of sp³-hybridized carbons (Fsp3) is 0.105. The summed E-state index contributed by atoms with van der Waals surface area (Å²) in [6, 6.07) is 9.60. The number of halogens is 3. The zero-order valence-corrected chi connectivity index (χ0v) is 15.2. The van der Waals surface area contributed by atoms with Gasteiger partial charge in [-0.1, -0.05) is 18.2 Å². The molecule has 0 fully saturated rings. The maximum atomic E-state index is 13.1. The molecule has 3 heterocycles. The predicted octanol–water partition coefficient (Wildman–Crippen LogP) is 4.49. The van der Waals surface area contributed by atoms with E-state index in [1.54, 1.807) is 12.3 Å². The number of rotatable bonds is 2. The average molecular weight is 403 g/mol. The minimum absolute atomic E-state index is 0.102. The third-order valence-electron chi connectivity index (χ3n) is 4.24. The Kier molecular flexibility index (Phi) is 4.19. The number of thiophene rings is 1. The summed E-state index contributed by atoms with van der Waals surface area (Å²) in [5, 5.41) is 2.52. The van der Waals surface area contributed by atoms with Gasteiger partial charge in [0.05, 0.1) is 21.5 Å². The molecule has 142 valence electrons. The first-order chi connectivity index (χ1) is 13.3. The Morgan fingerprint density at radius 3 is 2.68 bits per heavy atom. The number of amides is 1. The van der Waals surface area contributed by atoms with E-state index >= 15 is 0 Å². The summed E-state index contributed by atoms with van der Waals surface area (Å²) in [5.74, 6) is -0.732. The van der Waals surface area contributed by atoms with E-state index < -0.39 is 17.6 Å². The standard InChI is InChI=1S/C19H12F3N3O2S/c1-10-5-4-8-25-15(10)24-17-11(18(25)27)9-14(28-17)16(26)23-13-7-3-2-6-12(13)19(20,21)22/h2-9H,1H3,(H,23,26). The molecule has 0 atom stereocenters. The molecule has 0 aliphatic carbocycles. The molecule has 1 amide bonds. The molecule has 0 aliphatic rings. The number of carbonyl (C=O) groups is 1. The molecule has 4 aromatic rings. The summed E-state index contributed by atoms with van der Waals surface area (Å²) >= 11 is 0.958. The molecule has 4 rings (SSSR count). The Labute approximate surface area is 160 Å². The van der Waals surface area contributed by atoms with Crippen molar-refractivity contribution in [2.45, 2.75) is 13.1 Å². The van der Waals surface area contributed by atoms with Gasteiger partial charge in [0.2, 0.25) is 0 Å². The zero-order chi connectivity index (χ0) is 20.1. The van der Waals surface area contributed by atoms with Crippen molar-refractivity contribution in [3.05, 3.63) is 75.0 Å². The number of nitrogens with zero attached hydrogens (tertiary/aromatic N) is 2. The molecule has 0 spiro atoms. The van der Waals surface area contributed by atoms with Gasteiger partial charge < -0.3 is 5.32 Å². The molecule has 0 unspecified atom stereocenters. The maximum absolute atomic E-state index is 13.1. The predicted molar refractivity (Wildman–Crippen MR) is 101 cm³/mol. The second-order valence-corrected chi connectivity index (χ2v) is 7.16. The molecule has 0 radical (unpaired) electrons. The normalized spacial score (nSPS) is 11.9. The third-order valence-corrected chi connectivity index (χ3v) is 5.26. The van der Waals surface area contributed by atoms with E-state index in [4.69, 9.17) is 0 Å². The molecular weight excluding hydrogens is 391 g/mol. The van der Waals surface area contributed by atoms with Crippen molar-refractivity contribution in [3.63, 3.8) is 0 Å². The van der Waals surface area contributed by atoms with Crippen LogP contribution in [-0.4, -0.2) is 15.3 Å². The van der Waals surface area contributed by atoms with Crippen molar-refractivity contribution in [2.24, 2.45) is 0 Å². The van der Waals surface area contributed by atoms with Crippen LogP contribution in [0.1, 0.15) is 20.8 Å². The molecule has 0 bridgehead atoms. The molecule has 28 heavy (non-hydrogen) atoms. The van der Waals surface area contributed by atoms with Gasteiger partial charge in [-0.3, -0.25) is 14.0 Å². The van der Waals surface area contributed by atoms with E-state index in [2.05, 4.69) is 10.3 Å². The minimum atomic E-state index is -4.60. The number of aromatic nitrogens is 2. The highest BCUT2D eigenvalue weighted by Crippen LogP contribution is 2.35. The Hall–Kier alpha value is -3.20. The van der Waals surface area contributed by atoms with Gasteiger partial charge in [0, 0.05) is 6.20 Å². The van der Waals surface area contributed by atoms with Crippen LogP contribution in [0.25, 0.3) is 15.9 Å². The van der Waals surface area contributed by atoms with Crippen LogP contribution >= 0.6 is 11.3 Å². The van der Waals surface area contributed by atoms with Gasteiger partial charge >= 0.3 is 6.18 Å². The largest absolute Gasteiger partial charge is 0.418 e. The van der Waals surface area contributed by atoms with E-state index in [0.29, 0.717) is 10.5 Å². The van der Waals surface area contributed by atoms with Crippen molar-refractivity contribution >= 4 is 38.8 Å². The van der Waals surface area contributed by atoms with Crippen molar-refractivity contribution in [2.75, 3.05) is 5.32 Å². The Morgan fingerprint density at radius 2 is 1.93 bits per heavy atom. The highest BCUT2D eigenvalue weighted by Gasteiger charge is 2.33. The van der Waals surface area contributed by atoms with Gasteiger partial charge in [0.1, 0.15) is 10.5 Å². The van der Waals surface area contributed by atoms with Crippen molar-refractivity contribution in [3.8, 4) is 0 Å². The van der Waals surface area contributed by atoms with E-state index in [1.165, 1.54) is 28.7 Å². The second-order valence-electron chi connectivity index (χ2n) is 6.13. The average Bonchev–Trinajstić information content (AvgIpc) is 3.07. The Bertz CT molecular complexity index is 1290. The van der Waals surface area contributed by atoms with Gasteiger partial charge in [-0.05, 0) is 36.8 Å². The number of fused-ring (bicyclic) bond motifs is 2. The van der Waals surface area contributed by atoms with Crippen LogP contribution < -0.4 is 10.9 Å². The van der Waals surface area contributed by atoms with Crippen molar-refractivity contribution in [1.82, 2.24) is 9.38 Å². The highest BCUT2D eigenvalue weighted by atomic mass is 32.1. The molecule has 3 aromatic heterocycles. The molecular formula is C19H12F3N3O2S. The molecule has 1 aromatic carbocycles. The van der Waals surface area contributed by atoms with E-state index in [0.717, 1.165) is 23.0 Å². The Morgan fingerprint density at radius 1 is 1.18 bits per heavy atom. The number of hydrogen-bond donors (Lipinski definition) is 1. The summed E-state index contributed by atoms with van der Waals surface area (Å²) in [5.41, 5.74) is -0.363. The van der Waals surface area contributed by atoms with Gasteiger partial charge in [-0.25, -0.2) is 4.98 Å². The van der Waals surface area contributed by atoms with Crippen LogP contribution in [-0.2, 0) is 6.18 Å². The smallest absolute Gasteiger partial charge is 0.321 e. The number of carbonyl (C=O) groups excluding carboxylic acids is 1. The summed E-state index contributed by atoms with van der Waals surface area (Å²) in [7, 11) is 0. The maximum Gasteiger partial charge on any atom is 0.418 e.